The summed E-state index contributed by atoms with van der Waals surface area (Å²) in [5.41, 5.74) is 1.87. The number of carbonyl (C=O) groups excluding carboxylic acids is 3. The molecule has 3 aromatic carbocycles. The summed E-state index contributed by atoms with van der Waals surface area (Å²) < 4.78 is 5.47. The van der Waals surface area contributed by atoms with E-state index in [0.717, 1.165) is 11.1 Å². The van der Waals surface area contributed by atoms with Crippen molar-refractivity contribution in [3.05, 3.63) is 101 Å². The predicted octanol–water partition coefficient (Wildman–Crippen LogP) is 5.43. The molecule has 0 aliphatic rings. The second-order valence-corrected chi connectivity index (χ2v) is 11.0. The molecule has 8 nitrogen and oxygen atoms in total. The fraction of sp³-hybridized carbons (Fsp3) is 0.364. The summed E-state index contributed by atoms with van der Waals surface area (Å²) in [6, 6.07) is 21.8. The molecule has 0 aliphatic heterocycles. The van der Waals surface area contributed by atoms with E-state index in [-0.39, 0.29) is 25.3 Å². The molecule has 0 saturated heterocycles. The molecule has 0 fully saturated rings. The van der Waals surface area contributed by atoms with Gasteiger partial charge < -0.3 is 25.4 Å². The maximum absolute atomic E-state index is 14.3. The van der Waals surface area contributed by atoms with Crippen LogP contribution in [0.3, 0.4) is 0 Å². The number of benzene rings is 3. The van der Waals surface area contributed by atoms with Crippen molar-refractivity contribution in [2.24, 2.45) is 0 Å². The average Bonchev–Trinajstić information content (AvgIpc) is 2.93. The Morgan fingerprint density at radius 1 is 0.902 bits per heavy atom. The van der Waals surface area contributed by atoms with E-state index in [9.17, 15) is 19.5 Å². The van der Waals surface area contributed by atoms with Crippen molar-refractivity contribution in [3.63, 3.8) is 0 Å². The summed E-state index contributed by atoms with van der Waals surface area (Å²) >= 11 is 0. The van der Waals surface area contributed by atoms with Crippen molar-refractivity contribution in [2.45, 2.75) is 71.7 Å². The van der Waals surface area contributed by atoms with Crippen molar-refractivity contribution < 1.29 is 24.2 Å². The number of nitrogens with zero attached hydrogens (tertiary/aromatic N) is 1. The molecule has 2 unspecified atom stereocenters. The third kappa shape index (κ3) is 9.10. The SMILES string of the molecule is CCCN(C(=O)C(Cc1ccccc1)NC(=O)OC(C)(C)C)C(C(=O)NCc1ccccc1)c1cccc(C)c1O. The molecule has 0 heterocycles. The third-order valence-corrected chi connectivity index (χ3v) is 6.45. The Morgan fingerprint density at radius 3 is 2.10 bits per heavy atom. The lowest BCUT2D eigenvalue weighted by Gasteiger charge is -2.35. The Kier molecular flexibility index (Phi) is 10.9. The minimum Gasteiger partial charge on any atom is -0.507 e. The number of phenols is 1. The lowest BCUT2D eigenvalue weighted by molar-refractivity contribution is -0.142. The van der Waals surface area contributed by atoms with Gasteiger partial charge in [-0.25, -0.2) is 4.79 Å². The maximum atomic E-state index is 14.3. The van der Waals surface area contributed by atoms with Gasteiger partial charge in [-0.05, 0) is 50.8 Å². The molecule has 41 heavy (non-hydrogen) atoms. The van der Waals surface area contributed by atoms with E-state index in [4.69, 9.17) is 4.74 Å². The summed E-state index contributed by atoms with van der Waals surface area (Å²) in [4.78, 5) is 42.5. The van der Waals surface area contributed by atoms with Gasteiger partial charge in [0.1, 0.15) is 23.4 Å². The first-order chi connectivity index (χ1) is 19.5. The van der Waals surface area contributed by atoms with E-state index in [0.29, 0.717) is 17.5 Å². The highest BCUT2D eigenvalue weighted by Gasteiger charge is 2.37. The first-order valence-electron chi connectivity index (χ1n) is 13.9. The second kappa shape index (κ2) is 14.3. The van der Waals surface area contributed by atoms with Gasteiger partial charge in [0.15, 0.2) is 0 Å². The van der Waals surface area contributed by atoms with Crippen LogP contribution in [0.1, 0.15) is 62.4 Å². The van der Waals surface area contributed by atoms with E-state index in [1.54, 1.807) is 45.9 Å². The highest BCUT2D eigenvalue weighted by Crippen LogP contribution is 2.32. The summed E-state index contributed by atoms with van der Waals surface area (Å²) in [5, 5.41) is 16.7. The summed E-state index contributed by atoms with van der Waals surface area (Å²) in [6.45, 7) is 9.36. The Labute approximate surface area is 242 Å². The van der Waals surface area contributed by atoms with Crippen LogP contribution in [0.4, 0.5) is 4.79 Å². The molecule has 0 saturated carbocycles. The van der Waals surface area contributed by atoms with Gasteiger partial charge >= 0.3 is 6.09 Å². The monoisotopic (exact) mass is 559 g/mol. The van der Waals surface area contributed by atoms with Crippen molar-refractivity contribution in [1.82, 2.24) is 15.5 Å². The highest BCUT2D eigenvalue weighted by molar-refractivity contribution is 5.92. The molecular weight excluding hydrogens is 518 g/mol. The summed E-state index contributed by atoms with van der Waals surface area (Å²) in [6.07, 6.45) is 0.00876. The summed E-state index contributed by atoms with van der Waals surface area (Å²) in [7, 11) is 0. The van der Waals surface area contributed by atoms with Crippen molar-refractivity contribution in [3.8, 4) is 5.75 Å². The number of nitrogens with one attached hydrogen (secondary N) is 2. The van der Waals surface area contributed by atoms with Gasteiger partial charge in [-0.1, -0.05) is 85.8 Å². The van der Waals surface area contributed by atoms with Crippen LogP contribution in [0.5, 0.6) is 5.75 Å². The van der Waals surface area contributed by atoms with Gasteiger partial charge in [0.2, 0.25) is 11.8 Å². The first kappa shape index (κ1) is 31.2. The molecule has 3 aromatic rings. The third-order valence-electron chi connectivity index (χ3n) is 6.45. The average molecular weight is 560 g/mol. The molecule has 3 N–H and O–H groups in total. The van der Waals surface area contributed by atoms with Gasteiger partial charge in [-0.2, -0.15) is 0 Å². The van der Waals surface area contributed by atoms with E-state index in [1.807, 2.05) is 67.6 Å². The zero-order chi connectivity index (χ0) is 30.0. The van der Waals surface area contributed by atoms with Gasteiger partial charge in [0.05, 0.1) is 0 Å². The zero-order valence-corrected chi connectivity index (χ0v) is 24.5. The number of aromatic hydroxyl groups is 1. The lowest BCUT2D eigenvalue weighted by Crippen LogP contribution is -2.54. The fourth-order valence-electron chi connectivity index (χ4n) is 4.54. The van der Waals surface area contributed by atoms with Crippen LogP contribution in [0.15, 0.2) is 78.9 Å². The zero-order valence-electron chi connectivity index (χ0n) is 24.5. The van der Waals surface area contributed by atoms with Crippen LogP contribution < -0.4 is 10.6 Å². The van der Waals surface area contributed by atoms with Crippen LogP contribution >= 0.6 is 0 Å². The molecule has 2 atom stereocenters. The van der Waals surface area contributed by atoms with Gasteiger partial charge in [0.25, 0.3) is 0 Å². The quantitative estimate of drug-likeness (QED) is 0.290. The highest BCUT2D eigenvalue weighted by atomic mass is 16.6. The van der Waals surface area contributed by atoms with E-state index < -0.39 is 35.6 Å². The Bertz CT molecular complexity index is 1310. The molecule has 218 valence electrons. The first-order valence-corrected chi connectivity index (χ1v) is 13.9. The van der Waals surface area contributed by atoms with Gasteiger partial charge in [0, 0.05) is 25.1 Å². The Morgan fingerprint density at radius 2 is 1.51 bits per heavy atom. The number of hydrogen-bond donors (Lipinski definition) is 3. The number of rotatable bonds is 11. The maximum Gasteiger partial charge on any atom is 0.408 e. The number of alkyl carbamates (subject to hydrolysis) is 1. The minimum atomic E-state index is -1.13. The molecule has 0 spiro atoms. The number of para-hydroxylation sites is 1. The predicted molar refractivity (Wildman–Crippen MR) is 159 cm³/mol. The largest absolute Gasteiger partial charge is 0.507 e. The van der Waals surface area contributed by atoms with Gasteiger partial charge in [-0.15, -0.1) is 0 Å². The molecule has 8 heteroatoms. The number of aryl methyl sites for hydroxylation is 1. The summed E-state index contributed by atoms with van der Waals surface area (Å²) in [5.74, 6) is -0.949. The Hall–Kier alpha value is -4.33. The molecule has 0 aliphatic carbocycles. The lowest BCUT2D eigenvalue weighted by atomic mass is 9.97. The van der Waals surface area contributed by atoms with Crippen LogP contribution in [0, 0.1) is 6.92 Å². The fourth-order valence-corrected chi connectivity index (χ4v) is 4.54. The van der Waals surface area contributed by atoms with E-state index in [2.05, 4.69) is 10.6 Å². The van der Waals surface area contributed by atoms with E-state index in [1.165, 1.54) is 4.90 Å². The number of phenolic OH excluding ortho intramolecular Hbond substituents is 1. The van der Waals surface area contributed by atoms with Crippen molar-refractivity contribution >= 4 is 17.9 Å². The number of carbonyl (C=O) groups is 3. The topological polar surface area (TPSA) is 108 Å². The van der Waals surface area contributed by atoms with E-state index >= 15 is 0 Å². The van der Waals surface area contributed by atoms with Crippen molar-refractivity contribution in [1.29, 1.82) is 0 Å². The molecule has 3 rings (SSSR count). The number of amides is 3. The van der Waals surface area contributed by atoms with Crippen LogP contribution in [0.2, 0.25) is 0 Å². The molecule has 0 radical (unpaired) electrons. The van der Waals surface area contributed by atoms with Crippen molar-refractivity contribution in [2.75, 3.05) is 6.54 Å². The van der Waals surface area contributed by atoms with Crippen LogP contribution in [-0.4, -0.2) is 46.1 Å². The standard InChI is InChI=1S/C33H41N3O5/c1-6-20-36(31(39)27(21-24-15-9-7-10-16-24)35-32(40)41-33(3,4)5)28(26-19-13-14-23(2)29(26)37)30(38)34-22-25-17-11-8-12-18-25/h7-19,27-28,37H,6,20-22H2,1-5H3,(H,34,38)(H,35,40). The Balaban J connectivity index is 2.02. The molecular formula is C33H41N3O5. The number of hydrogen-bond acceptors (Lipinski definition) is 5. The minimum absolute atomic E-state index is 0.0547. The molecule has 0 aromatic heterocycles. The number of ether oxygens (including phenoxy) is 1. The smallest absolute Gasteiger partial charge is 0.408 e. The normalized spacial score (nSPS) is 12.6. The van der Waals surface area contributed by atoms with Crippen LogP contribution in [-0.2, 0) is 27.3 Å². The molecule has 0 bridgehead atoms. The molecule has 3 amide bonds. The van der Waals surface area contributed by atoms with Crippen LogP contribution in [0.25, 0.3) is 0 Å². The second-order valence-electron chi connectivity index (χ2n) is 11.0. The van der Waals surface area contributed by atoms with Gasteiger partial charge in [-0.3, -0.25) is 9.59 Å².